The minimum atomic E-state index is -0.715. The molecule has 6 nitrogen and oxygen atoms in total. The van der Waals surface area contributed by atoms with Gasteiger partial charge in [-0.3, -0.25) is 4.79 Å². The predicted molar refractivity (Wildman–Crippen MR) is 95.5 cm³/mol. The summed E-state index contributed by atoms with van der Waals surface area (Å²) in [6.45, 7) is 0. The molecule has 136 valence electrons. The number of benzene rings is 2. The Kier molecular flexibility index (Phi) is 4.12. The van der Waals surface area contributed by atoms with Crippen LogP contribution in [0.4, 0.5) is 8.78 Å². The third-order valence-corrected chi connectivity index (χ3v) is 4.12. The average Bonchev–Trinajstić information content (AvgIpc) is 3.01. The molecule has 0 amide bonds. The fourth-order valence-corrected chi connectivity index (χ4v) is 2.83. The molecule has 2 aromatic heterocycles. The number of ether oxygens (including phenoxy) is 1. The first-order valence-corrected chi connectivity index (χ1v) is 8.15. The first kappa shape index (κ1) is 17.2. The minimum absolute atomic E-state index is 0.103. The van der Waals surface area contributed by atoms with E-state index in [0.29, 0.717) is 11.3 Å². The molecule has 0 aliphatic rings. The molecule has 4 aromatic rings. The van der Waals surface area contributed by atoms with Crippen LogP contribution in [0.2, 0.25) is 5.02 Å². The highest BCUT2D eigenvalue weighted by Crippen LogP contribution is 2.28. The van der Waals surface area contributed by atoms with E-state index in [1.807, 2.05) is 0 Å². The summed E-state index contributed by atoms with van der Waals surface area (Å²) < 4.78 is 36.1. The maximum Gasteiger partial charge on any atom is 0.311 e. The highest BCUT2D eigenvalue weighted by Gasteiger charge is 2.19. The minimum Gasteiger partial charge on any atom is -0.422 e. The summed E-state index contributed by atoms with van der Waals surface area (Å²) in [5, 5.41) is 0.200. The van der Waals surface area contributed by atoms with Crippen molar-refractivity contribution in [2.75, 3.05) is 0 Å². The van der Waals surface area contributed by atoms with Gasteiger partial charge >= 0.3 is 11.6 Å². The molecule has 0 unspecified atom stereocenters. The van der Waals surface area contributed by atoms with Gasteiger partial charge in [-0.1, -0.05) is 11.6 Å². The third-order valence-electron chi connectivity index (χ3n) is 3.89. The van der Waals surface area contributed by atoms with Crippen molar-refractivity contribution < 1.29 is 13.5 Å². The standard InChI is InChI=1S/C18H11ClF2N4O2/c1-24-9-22-15-16(26)23-18(27-14-7-2-10(19)8-13(14)21)25(17(15)24)12-5-3-11(20)4-6-12/h2-9H,1H3. The summed E-state index contributed by atoms with van der Waals surface area (Å²) in [6, 6.07) is 9.14. The zero-order chi connectivity index (χ0) is 19.1. The van der Waals surface area contributed by atoms with Crippen molar-refractivity contribution in [3.8, 4) is 17.4 Å². The molecular weight excluding hydrogens is 378 g/mol. The van der Waals surface area contributed by atoms with Gasteiger partial charge in [0, 0.05) is 12.1 Å². The summed E-state index contributed by atoms with van der Waals surface area (Å²) in [5.74, 6) is -1.31. The van der Waals surface area contributed by atoms with Gasteiger partial charge in [-0.15, -0.1) is 0 Å². The van der Waals surface area contributed by atoms with E-state index in [1.54, 1.807) is 11.6 Å². The summed E-state index contributed by atoms with van der Waals surface area (Å²) >= 11 is 5.76. The lowest BCUT2D eigenvalue weighted by atomic mass is 10.3. The van der Waals surface area contributed by atoms with Gasteiger partial charge in [-0.25, -0.2) is 18.3 Å². The van der Waals surface area contributed by atoms with Crippen LogP contribution in [0.3, 0.4) is 0 Å². The van der Waals surface area contributed by atoms with E-state index >= 15 is 0 Å². The molecule has 2 heterocycles. The van der Waals surface area contributed by atoms with Gasteiger partial charge in [-0.05, 0) is 42.5 Å². The molecule has 0 N–H and O–H groups in total. The first-order valence-electron chi connectivity index (χ1n) is 7.77. The topological polar surface area (TPSA) is 61.9 Å². The van der Waals surface area contributed by atoms with Crippen LogP contribution in [-0.4, -0.2) is 19.1 Å². The van der Waals surface area contributed by atoms with Gasteiger partial charge in [0.05, 0.1) is 12.0 Å². The van der Waals surface area contributed by atoms with Gasteiger partial charge < -0.3 is 9.30 Å². The second kappa shape index (κ2) is 6.48. The Morgan fingerprint density at radius 1 is 1.11 bits per heavy atom. The fraction of sp³-hybridized carbons (Fsp3) is 0.0556. The molecule has 2 aromatic carbocycles. The molecule has 0 saturated heterocycles. The first-order chi connectivity index (χ1) is 12.9. The molecule has 0 fully saturated rings. The van der Waals surface area contributed by atoms with Gasteiger partial charge in [-0.2, -0.15) is 4.98 Å². The molecule has 0 spiro atoms. The average molecular weight is 389 g/mol. The van der Waals surface area contributed by atoms with Gasteiger partial charge in [0.1, 0.15) is 5.82 Å². The van der Waals surface area contributed by atoms with Crippen molar-refractivity contribution in [1.29, 1.82) is 0 Å². The Morgan fingerprint density at radius 3 is 2.56 bits per heavy atom. The molecule has 0 atom stereocenters. The normalized spacial score (nSPS) is 11.1. The number of hydrogen-bond acceptors (Lipinski definition) is 4. The monoisotopic (exact) mass is 388 g/mol. The number of rotatable bonds is 3. The molecule has 0 radical (unpaired) electrons. The van der Waals surface area contributed by atoms with Crippen LogP contribution in [0.1, 0.15) is 0 Å². The molecule has 9 heteroatoms. The van der Waals surface area contributed by atoms with Crippen LogP contribution in [0.5, 0.6) is 11.8 Å². The lowest BCUT2D eigenvalue weighted by Crippen LogP contribution is -2.16. The zero-order valence-electron chi connectivity index (χ0n) is 13.9. The smallest absolute Gasteiger partial charge is 0.311 e. The summed E-state index contributed by atoms with van der Waals surface area (Å²) in [4.78, 5) is 20.3. The number of halogens is 3. The fourth-order valence-electron chi connectivity index (χ4n) is 2.67. The highest BCUT2D eigenvalue weighted by atomic mass is 35.5. The summed E-state index contributed by atoms with van der Waals surface area (Å²) in [5.41, 5.74) is 0.298. The maximum atomic E-state index is 14.2. The van der Waals surface area contributed by atoms with E-state index in [1.165, 1.54) is 47.3 Å². The second-order valence-electron chi connectivity index (χ2n) is 5.72. The van der Waals surface area contributed by atoms with E-state index in [9.17, 15) is 13.6 Å². The molecule has 27 heavy (non-hydrogen) atoms. The van der Waals surface area contributed by atoms with Crippen molar-refractivity contribution in [3.63, 3.8) is 0 Å². The van der Waals surface area contributed by atoms with Crippen LogP contribution in [0.15, 0.2) is 53.6 Å². The van der Waals surface area contributed by atoms with Crippen LogP contribution in [0.25, 0.3) is 16.9 Å². The van der Waals surface area contributed by atoms with E-state index in [0.717, 1.165) is 6.07 Å². The van der Waals surface area contributed by atoms with E-state index in [-0.39, 0.29) is 22.3 Å². The Morgan fingerprint density at radius 2 is 1.85 bits per heavy atom. The Bertz CT molecular complexity index is 1220. The summed E-state index contributed by atoms with van der Waals surface area (Å²) in [7, 11) is 1.68. The van der Waals surface area contributed by atoms with Gasteiger partial charge in [0.15, 0.2) is 22.7 Å². The Labute approximate surface area is 156 Å². The molecule has 0 aliphatic carbocycles. The number of fused-ring (bicyclic) bond motifs is 1. The van der Waals surface area contributed by atoms with Crippen molar-refractivity contribution >= 4 is 22.8 Å². The number of aryl methyl sites for hydroxylation is 1. The maximum absolute atomic E-state index is 14.2. The largest absolute Gasteiger partial charge is 0.422 e. The van der Waals surface area contributed by atoms with Crippen LogP contribution in [-0.2, 0) is 7.05 Å². The lowest BCUT2D eigenvalue weighted by Gasteiger charge is -2.15. The molecule has 0 saturated carbocycles. The lowest BCUT2D eigenvalue weighted by molar-refractivity contribution is 0.400. The molecular formula is C18H11ClF2N4O2. The predicted octanol–water partition coefficient (Wildman–Crippen LogP) is 3.84. The number of aromatic nitrogens is 4. The number of nitrogens with zero attached hydrogens (tertiary/aromatic N) is 4. The van der Waals surface area contributed by atoms with Crippen LogP contribution < -0.4 is 10.3 Å². The zero-order valence-corrected chi connectivity index (χ0v) is 14.6. The van der Waals surface area contributed by atoms with E-state index in [2.05, 4.69) is 9.97 Å². The molecule has 4 rings (SSSR count). The number of hydrogen-bond donors (Lipinski definition) is 0. The molecule has 0 bridgehead atoms. The third kappa shape index (κ3) is 3.04. The van der Waals surface area contributed by atoms with Gasteiger partial charge in [0.2, 0.25) is 0 Å². The Balaban J connectivity index is 1.99. The second-order valence-corrected chi connectivity index (χ2v) is 6.15. The summed E-state index contributed by atoms with van der Waals surface area (Å²) in [6.07, 6.45) is 1.44. The van der Waals surface area contributed by atoms with E-state index < -0.39 is 17.2 Å². The molecule has 0 aliphatic heterocycles. The number of imidazole rings is 1. The van der Waals surface area contributed by atoms with E-state index in [4.69, 9.17) is 16.3 Å². The van der Waals surface area contributed by atoms with Crippen molar-refractivity contribution in [1.82, 2.24) is 19.1 Å². The van der Waals surface area contributed by atoms with Crippen molar-refractivity contribution in [3.05, 3.63) is 75.8 Å². The quantitative estimate of drug-likeness (QED) is 0.535. The highest BCUT2D eigenvalue weighted by molar-refractivity contribution is 6.30. The van der Waals surface area contributed by atoms with Crippen molar-refractivity contribution in [2.24, 2.45) is 7.05 Å². The Hall–Kier alpha value is -3.26. The van der Waals surface area contributed by atoms with Crippen molar-refractivity contribution in [2.45, 2.75) is 0 Å². The van der Waals surface area contributed by atoms with Crippen LogP contribution in [0, 0.1) is 11.6 Å². The van der Waals surface area contributed by atoms with Crippen LogP contribution >= 0.6 is 11.6 Å². The SMILES string of the molecule is Cn1cnc2c(=O)nc(Oc3ccc(Cl)cc3F)n(-c3ccc(F)cc3)c21. The van der Waals surface area contributed by atoms with Gasteiger partial charge in [0.25, 0.3) is 0 Å².